The van der Waals surface area contributed by atoms with Crippen molar-refractivity contribution >= 4 is 22.6 Å². The summed E-state index contributed by atoms with van der Waals surface area (Å²) < 4.78 is 19.3. The minimum Gasteiger partial charge on any atom is -0.324 e. The molecule has 2 aromatic heterocycles. The zero-order valence-electron chi connectivity index (χ0n) is 16.0. The largest absolute Gasteiger partial charge is 0.329 e. The van der Waals surface area contributed by atoms with Crippen LogP contribution in [0.3, 0.4) is 0 Å². The molecule has 0 saturated heterocycles. The molecule has 0 aliphatic heterocycles. The molecule has 0 atom stereocenters. The third-order valence-corrected chi connectivity index (χ3v) is 4.93. The van der Waals surface area contributed by atoms with E-state index in [0.717, 1.165) is 16.7 Å². The van der Waals surface area contributed by atoms with Gasteiger partial charge >= 0.3 is 5.69 Å². The number of fused-ring (bicyclic) bond motifs is 1. The van der Waals surface area contributed by atoms with Gasteiger partial charge in [0.05, 0.1) is 16.7 Å². The molecule has 0 saturated carbocycles. The second kappa shape index (κ2) is 7.79. The van der Waals surface area contributed by atoms with Crippen LogP contribution in [-0.2, 0) is 17.9 Å². The van der Waals surface area contributed by atoms with Crippen molar-refractivity contribution < 1.29 is 9.18 Å². The number of aryl methyl sites for hydroxylation is 2. The molecule has 0 unspecified atom stereocenters. The summed E-state index contributed by atoms with van der Waals surface area (Å²) in [6.07, 6.45) is 3.74. The van der Waals surface area contributed by atoms with E-state index in [1.807, 2.05) is 60.3 Å². The standard InChI is InChI=1S/C22H21FN4O2/c1-2-26-19-7-3-4-8-20(19)27(22(26)29)14-11-21(28)24-18-15-16(9-10-17(18)23)25-12-5-6-13-25/h3-10,12-13,15H,2,11,14H2,1H3,(H,24,28). The number of benzene rings is 2. The molecule has 0 spiro atoms. The molecule has 2 aromatic carbocycles. The zero-order chi connectivity index (χ0) is 20.4. The Labute approximate surface area is 166 Å². The number of nitrogens with one attached hydrogen (secondary N) is 1. The fraction of sp³-hybridized carbons (Fsp3) is 0.182. The van der Waals surface area contributed by atoms with E-state index in [9.17, 15) is 14.0 Å². The molecule has 2 heterocycles. The minimum atomic E-state index is -0.506. The van der Waals surface area contributed by atoms with Gasteiger partial charge in [0.25, 0.3) is 0 Å². The quantitative estimate of drug-likeness (QED) is 0.543. The van der Waals surface area contributed by atoms with Gasteiger partial charge in [0.1, 0.15) is 5.82 Å². The molecular weight excluding hydrogens is 371 g/mol. The maximum Gasteiger partial charge on any atom is 0.329 e. The maximum atomic E-state index is 14.2. The molecule has 0 radical (unpaired) electrons. The van der Waals surface area contributed by atoms with Crippen molar-refractivity contribution in [3.63, 3.8) is 0 Å². The predicted octanol–water partition coefficient (Wildman–Crippen LogP) is 3.78. The second-order valence-electron chi connectivity index (χ2n) is 6.72. The summed E-state index contributed by atoms with van der Waals surface area (Å²) in [5.74, 6) is -0.859. The Hall–Kier alpha value is -3.61. The smallest absolute Gasteiger partial charge is 0.324 e. The molecule has 6 nitrogen and oxygen atoms in total. The van der Waals surface area contributed by atoms with Crippen molar-refractivity contribution in [1.82, 2.24) is 13.7 Å². The molecule has 0 bridgehead atoms. The topological polar surface area (TPSA) is 61.0 Å². The van der Waals surface area contributed by atoms with E-state index in [1.54, 1.807) is 21.3 Å². The van der Waals surface area contributed by atoms with Gasteiger partial charge in [0.15, 0.2) is 0 Å². The minimum absolute atomic E-state index is 0.0603. The number of amides is 1. The van der Waals surface area contributed by atoms with Gasteiger partial charge in [-0.2, -0.15) is 0 Å². The molecule has 7 heteroatoms. The molecule has 29 heavy (non-hydrogen) atoms. The van der Waals surface area contributed by atoms with Gasteiger partial charge in [0.2, 0.25) is 5.91 Å². The summed E-state index contributed by atoms with van der Waals surface area (Å²) in [6.45, 7) is 2.68. The van der Waals surface area contributed by atoms with E-state index in [2.05, 4.69) is 5.32 Å². The van der Waals surface area contributed by atoms with Crippen LogP contribution in [-0.4, -0.2) is 19.6 Å². The van der Waals surface area contributed by atoms with Crippen LogP contribution in [0.2, 0.25) is 0 Å². The van der Waals surface area contributed by atoms with E-state index in [0.29, 0.717) is 6.54 Å². The predicted molar refractivity (Wildman–Crippen MR) is 111 cm³/mol. The third kappa shape index (κ3) is 3.59. The first kappa shape index (κ1) is 18.7. The number of anilines is 1. The second-order valence-corrected chi connectivity index (χ2v) is 6.72. The summed E-state index contributed by atoms with van der Waals surface area (Å²) in [6, 6.07) is 15.8. The lowest BCUT2D eigenvalue weighted by molar-refractivity contribution is -0.116. The van der Waals surface area contributed by atoms with Crippen molar-refractivity contribution in [1.29, 1.82) is 0 Å². The lowest BCUT2D eigenvalue weighted by Crippen LogP contribution is -2.25. The maximum absolute atomic E-state index is 14.2. The lowest BCUT2D eigenvalue weighted by atomic mass is 10.2. The fourth-order valence-corrected chi connectivity index (χ4v) is 3.50. The van der Waals surface area contributed by atoms with Gasteiger partial charge in [-0.15, -0.1) is 0 Å². The van der Waals surface area contributed by atoms with Gasteiger partial charge in [-0.3, -0.25) is 13.9 Å². The Balaban J connectivity index is 1.52. The summed E-state index contributed by atoms with van der Waals surface area (Å²) in [7, 11) is 0. The third-order valence-electron chi connectivity index (χ3n) is 4.93. The van der Waals surface area contributed by atoms with E-state index in [-0.39, 0.29) is 30.2 Å². The summed E-state index contributed by atoms with van der Waals surface area (Å²) in [5, 5.41) is 2.62. The highest BCUT2D eigenvalue weighted by Gasteiger charge is 2.14. The molecule has 0 aliphatic carbocycles. The Morgan fingerprint density at radius 3 is 2.38 bits per heavy atom. The van der Waals surface area contributed by atoms with Crippen molar-refractivity contribution in [3.05, 3.63) is 83.3 Å². The number of carbonyl (C=O) groups excluding carboxylic acids is 1. The Bertz CT molecular complexity index is 1220. The first-order valence-electron chi connectivity index (χ1n) is 9.49. The molecule has 1 amide bonds. The van der Waals surface area contributed by atoms with Crippen molar-refractivity contribution in [2.45, 2.75) is 26.4 Å². The highest BCUT2D eigenvalue weighted by Crippen LogP contribution is 2.20. The normalized spacial score (nSPS) is 11.1. The average molecular weight is 392 g/mol. The number of nitrogens with zero attached hydrogens (tertiary/aromatic N) is 3. The first-order valence-corrected chi connectivity index (χ1v) is 9.49. The zero-order valence-corrected chi connectivity index (χ0v) is 16.0. The summed E-state index contributed by atoms with van der Waals surface area (Å²) >= 11 is 0. The van der Waals surface area contributed by atoms with Crippen LogP contribution in [0, 0.1) is 5.82 Å². The number of hydrogen-bond acceptors (Lipinski definition) is 2. The van der Waals surface area contributed by atoms with Crippen LogP contribution < -0.4 is 11.0 Å². The monoisotopic (exact) mass is 392 g/mol. The molecule has 148 valence electrons. The van der Waals surface area contributed by atoms with Gasteiger partial charge in [-0.05, 0) is 49.4 Å². The van der Waals surface area contributed by atoms with Crippen LogP contribution >= 0.6 is 0 Å². The van der Waals surface area contributed by atoms with E-state index in [1.165, 1.54) is 6.07 Å². The van der Waals surface area contributed by atoms with Crippen molar-refractivity contribution in [2.75, 3.05) is 5.32 Å². The Morgan fingerprint density at radius 2 is 1.69 bits per heavy atom. The molecular formula is C22H21FN4O2. The molecule has 4 rings (SSSR count). The number of halogens is 1. The van der Waals surface area contributed by atoms with Gasteiger partial charge < -0.3 is 9.88 Å². The van der Waals surface area contributed by atoms with Crippen molar-refractivity contribution in [3.8, 4) is 5.69 Å². The molecule has 1 N–H and O–H groups in total. The first-order chi connectivity index (χ1) is 14.1. The number of rotatable bonds is 6. The molecule has 0 fully saturated rings. The van der Waals surface area contributed by atoms with E-state index >= 15 is 0 Å². The van der Waals surface area contributed by atoms with Crippen molar-refractivity contribution in [2.24, 2.45) is 0 Å². The number of hydrogen-bond donors (Lipinski definition) is 1. The molecule has 0 aliphatic rings. The Kier molecular flexibility index (Phi) is 5.03. The van der Waals surface area contributed by atoms with Crippen LogP contribution in [0.1, 0.15) is 13.3 Å². The average Bonchev–Trinajstić information content (AvgIpc) is 3.34. The van der Waals surface area contributed by atoms with Crippen LogP contribution in [0.25, 0.3) is 16.7 Å². The fourth-order valence-electron chi connectivity index (χ4n) is 3.50. The number of carbonyl (C=O) groups is 1. The van der Waals surface area contributed by atoms with Crippen LogP contribution in [0.5, 0.6) is 0 Å². The number of imidazole rings is 1. The van der Waals surface area contributed by atoms with Crippen LogP contribution in [0.15, 0.2) is 71.8 Å². The van der Waals surface area contributed by atoms with E-state index in [4.69, 9.17) is 0 Å². The highest BCUT2D eigenvalue weighted by molar-refractivity contribution is 5.91. The molecule has 4 aromatic rings. The SMILES string of the molecule is CCn1c(=O)n(CCC(=O)Nc2cc(-n3cccc3)ccc2F)c2ccccc21. The highest BCUT2D eigenvalue weighted by atomic mass is 19.1. The van der Waals surface area contributed by atoms with Gasteiger partial charge in [-0.1, -0.05) is 12.1 Å². The number of para-hydroxylation sites is 2. The van der Waals surface area contributed by atoms with Gasteiger partial charge in [0, 0.05) is 37.6 Å². The summed E-state index contributed by atoms with van der Waals surface area (Å²) in [5.41, 5.74) is 2.33. The Morgan fingerprint density at radius 1 is 1.00 bits per heavy atom. The van der Waals surface area contributed by atoms with E-state index < -0.39 is 5.82 Å². The number of aromatic nitrogens is 3. The van der Waals surface area contributed by atoms with Gasteiger partial charge in [-0.25, -0.2) is 9.18 Å². The van der Waals surface area contributed by atoms with Crippen LogP contribution in [0.4, 0.5) is 10.1 Å². The lowest BCUT2D eigenvalue weighted by Gasteiger charge is -2.10. The summed E-state index contributed by atoms with van der Waals surface area (Å²) in [4.78, 5) is 25.1.